The third kappa shape index (κ3) is 3.42. The van der Waals surface area contributed by atoms with Crippen LogP contribution < -0.4 is 5.73 Å². The van der Waals surface area contributed by atoms with Crippen molar-refractivity contribution in [2.75, 3.05) is 13.2 Å². The molecule has 19 heavy (non-hydrogen) atoms. The third-order valence-corrected chi connectivity index (χ3v) is 3.28. The van der Waals surface area contributed by atoms with Gasteiger partial charge in [-0.05, 0) is 30.5 Å². The molecule has 104 valence electrons. The maximum Gasteiger partial charge on any atom is 0.170 e. The van der Waals surface area contributed by atoms with Crippen LogP contribution in [0.15, 0.2) is 23.4 Å². The average molecular weight is 267 g/mol. The second-order valence-electron chi connectivity index (χ2n) is 4.71. The maximum atomic E-state index is 13.3. The first-order valence-electron chi connectivity index (χ1n) is 6.27. The molecule has 0 aromatic heterocycles. The Morgan fingerprint density at radius 1 is 1.47 bits per heavy atom. The number of oxime groups is 1. The number of halogens is 1. The second kappa shape index (κ2) is 5.99. The largest absolute Gasteiger partial charge is 0.409 e. The zero-order valence-corrected chi connectivity index (χ0v) is 10.6. The lowest BCUT2D eigenvalue weighted by atomic mass is 10.1. The Bertz CT molecular complexity index is 475. The van der Waals surface area contributed by atoms with Gasteiger partial charge in [-0.2, -0.15) is 0 Å². The molecule has 2 rings (SSSR count). The minimum absolute atomic E-state index is 0.0800. The summed E-state index contributed by atoms with van der Waals surface area (Å²) in [5, 5.41) is 20.8. The molecule has 0 atom stereocenters. The number of nitrogens with two attached hydrogens (primary N) is 1. The first kappa shape index (κ1) is 13.8. The predicted octanol–water partition coefficient (Wildman–Crippen LogP) is 0.877. The number of nitrogens with zero attached hydrogens (tertiary/aromatic N) is 2. The molecule has 0 saturated heterocycles. The molecular weight excluding hydrogens is 249 g/mol. The molecule has 1 fully saturated rings. The van der Waals surface area contributed by atoms with Crippen molar-refractivity contribution in [3.05, 3.63) is 35.1 Å². The van der Waals surface area contributed by atoms with E-state index in [2.05, 4.69) is 10.1 Å². The van der Waals surface area contributed by atoms with Crippen LogP contribution in [0.1, 0.15) is 24.0 Å². The highest BCUT2D eigenvalue weighted by molar-refractivity contribution is 5.98. The Labute approximate surface area is 111 Å². The number of hydrogen-bond donors (Lipinski definition) is 3. The lowest BCUT2D eigenvalue weighted by molar-refractivity contribution is 0.183. The van der Waals surface area contributed by atoms with Gasteiger partial charge in [0.05, 0.1) is 6.61 Å². The molecule has 0 spiro atoms. The topological polar surface area (TPSA) is 82.1 Å². The normalized spacial score (nSPS) is 16.1. The van der Waals surface area contributed by atoms with Gasteiger partial charge in [0.1, 0.15) is 5.82 Å². The van der Waals surface area contributed by atoms with Gasteiger partial charge < -0.3 is 16.0 Å². The number of amidine groups is 1. The molecule has 0 aliphatic heterocycles. The molecule has 1 aromatic rings. The zero-order valence-electron chi connectivity index (χ0n) is 10.6. The summed E-state index contributed by atoms with van der Waals surface area (Å²) in [6.07, 6.45) is 2.22. The van der Waals surface area contributed by atoms with E-state index in [1.807, 2.05) is 0 Å². The standard InChI is InChI=1S/C13H18FN3O2/c14-10-2-1-9(12(7-10)13(15)16-19)8-17(5-6-18)11-3-4-11/h1-2,7,11,18-19H,3-6,8H2,(H2,15,16). The highest BCUT2D eigenvalue weighted by Gasteiger charge is 2.29. The second-order valence-corrected chi connectivity index (χ2v) is 4.71. The van der Waals surface area contributed by atoms with Crippen molar-refractivity contribution in [3.63, 3.8) is 0 Å². The van der Waals surface area contributed by atoms with E-state index in [1.165, 1.54) is 12.1 Å². The van der Waals surface area contributed by atoms with Gasteiger partial charge in [-0.25, -0.2) is 4.39 Å². The molecule has 0 unspecified atom stereocenters. The van der Waals surface area contributed by atoms with Crippen LogP contribution in [0.25, 0.3) is 0 Å². The summed E-state index contributed by atoms with van der Waals surface area (Å²) in [4.78, 5) is 2.13. The van der Waals surface area contributed by atoms with Crippen molar-refractivity contribution in [2.24, 2.45) is 10.9 Å². The molecule has 0 radical (unpaired) electrons. The van der Waals surface area contributed by atoms with Gasteiger partial charge >= 0.3 is 0 Å². The van der Waals surface area contributed by atoms with E-state index in [4.69, 9.17) is 16.0 Å². The van der Waals surface area contributed by atoms with Crippen molar-refractivity contribution in [2.45, 2.75) is 25.4 Å². The van der Waals surface area contributed by atoms with Crippen molar-refractivity contribution >= 4 is 5.84 Å². The monoisotopic (exact) mass is 267 g/mol. The fourth-order valence-electron chi connectivity index (χ4n) is 2.16. The minimum Gasteiger partial charge on any atom is -0.409 e. The van der Waals surface area contributed by atoms with E-state index in [1.54, 1.807) is 6.07 Å². The lowest BCUT2D eigenvalue weighted by Gasteiger charge is -2.22. The summed E-state index contributed by atoms with van der Waals surface area (Å²) in [6.45, 7) is 1.20. The van der Waals surface area contributed by atoms with E-state index >= 15 is 0 Å². The SMILES string of the molecule is NC(=NO)c1cc(F)ccc1CN(CCO)C1CC1. The fourth-order valence-corrected chi connectivity index (χ4v) is 2.16. The molecule has 1 aliphatic carbocycles. The van der Waals surface area contributed by atoms with Crippen molar-refractivity contribution in [3.8, 4) is 0 Å². The Hall–Kier alpha value is -1.66. The number of rotatable bonds is 6. The molecular formula is C13H18FN3O2. The minimum atomic E-state index is -0.425. The van der Waals surface area contributed by atoms with Gasteiger partial charge in [0, 0.05) is 24.7 Å². The number of aliphatic hydroxyl groups is 1. The Kier molecular flexibility index (Phi) is 4.34. The maximum absolute atomic E-state index is 13.3. The summed E-state index contributed by atoms with van der Waals surface area (Å²) < 4.78 is 13.3. The van der Waals surface area contributed by atoms with Crippen LogP contribution in [0, 0.1) is 5.82 Å². The first-order valence-corrected chi connectivity index (χ1v) is 6.27. The van der Waals surface area contributed by atoms with E-state index in [0.717, 1.165) is 18.4 Å². The van der Waals surface area contributed by atoms with Crippen molar-refractivity contribution < 1.29 is 14.7 Å². The quantitative estimate of drug-likeness (QED) is 0.309. The summed E-state index contributed by atoms with van der Waals surface area (Å²) >= 11 is 0. The summed E-state index contributed by atoms with van der Waals surface area (Å²) in [5.41, 5.74) is 6.75. The van der Waals surface area contributed by atoms with Gasteiger partial charge in [0.25, 0.3) is 0 Å². The van der Waals surface area contributed by atoms with Gasteiger partial charge in [-0.1, -0.05) is 11.2 Å². The number of aliphatic hydroxyl groups excluding tert-OH is 1. The summed E-state index contributed by atoms with van der Waals surface area (Å²) in [7, 11) is 0. The molecule has 1 aromatic carbocycles. The average Bonchev–Trinajstić information content (AvgIpc) is 3.23. The van der Waals surface area contributed by atoms with E-state index in [0.29, 0.717) is 24.7 Å². The van der Waals surface area contributed by atoms with Gasteiger partial charge in [-0.3, -0.25) is 4.90 Å². The molecule has 1 aliphatic rings. The smallest absolute Gasteiger partial charge is 0.170 e. The van der Waals surface area contributed by atoms with Gasteiger partial charge in [0.15, 0.2) is 5.84 Å². The molecule has 0 amide bonds. The molecule has 4 N–H and O–H groups in total. The lowest BCUT2D eigenvalue weighted by Crippen LogP contribution is -2.30. The molecule has 1 saturated carbocycles. The van der Waals surface area contributed by atoms with Crippen LogP contribution >= 0.6 is 0 Å². The van der Waals surface area contributed by atoms with Crippen LogP contribution in [-0.2, 0) is 6.54 Å². The molecule has 5 nitrogen and oxygen atoms in total. The highest BCUT2D eigenvalue weighted by atomic mass is 19.1. The predicted molar refractivity (Wildman–Crippen MR) is 69.4 cm³/mol. The van der Waals surface area contributed by atoms with Crippen molar-refractivity contribution in [1.82, 2.24) is 4.90 Å². The van der Waals surface area contributed by atoms with Crippen LogP contribution in [-0.4, -0.2) is 40.2 Å². The Morgan fingerprint density at radius 3 is 2.79 bits per heavy atom. The summed E-state index contributed by atoms with van der Waals surface area (Å²) in [5.74, 6) is -0.528. The molecule has 6 heteroatoms. The zero-order chi connectivity index (χ0) is 13.8. The Balaban J connectivity index is 2.22. The van der Waals surface area contributed by atoms with Gasteiger partial charge in [-0.15, -0.1) is 0 Å². The van der Waals surface area contributed by atoms with Crippen LogP contribution in [0.4, 0.5) is 4.39 Å². The van der Waals surface area contributed by atoms with E-state index < -0.39 is 5.82 Å². The van der Waals surface area contributed by atoms with E-state index in [9.17, 15) is 4.39 Å². The third-order valence-electron chi connectivity index (χ3n) is 3.28. The van der Waals surface area contributed by atoms with Gasteiger partial charge in [0.2, 0.25) is 0 Å². The van der Waals surface area contributed by atoms with E-state index in [-0.39, 0.29) is 12.4 Å². The first-order chi connectivity index (χ1) is 9.15. The van der Waals surface area contributed by atoms with Crippen molar-refractivity contribution in [1.29, 1.82) is 0 Å². The summed E-state index contributed by atoms with van der Waals surface area (Å²) in [6, 6.07) is 4.72. The van der Waals surface area contributed by atoms with Crippen LogP contribution in [0.2, 0.25) is 0 Å². The van der Waals surface area contributed by atoms with Crippen LogP contribution in [0.5, 0.6) is 0 Å². The Morgan fingerprint density at radius 2 is 2.21 bits per heavy atom. The molecule has 0 heterocycles. The molecule has 0 bridgehead atoms. The fraction of sp³-hybridized carbons (Fsp3) is 0.462. The number of hydrogen-bond acceptors (Lipinski definition) is 4. The van der Waals surface area contributed by atoms with Crippen LogP contribution in [0.3, 0.4) is 0 Å². The highest BCUT2D eigenvalue weighted by Crippen LogP contribution is 2.28. The number of benzene rings is 1.